The van der Waals surface area contributed by atoms with E-state index in [4.69, 9.17) is 0 Å². The summed E-state index contributed by atoms with van der Waals surface area (Å²) in [6, 6.07) is 27.2. The van der Waals surface area contributed by atoms with Crippen LogP contribution in [0.5, 0.6) is 0 Å². The molecule has 2 nitrogen and oxygen atoms in total. The zero-order valence-electron chi connectivity index (χ0n) is 17.9. The molecular weight excluding hydrogens is 364 g/mol. The minimum Gasteiger partial charge on any atom is -0.299 e. The van der Waals surface area contributed by atoms with Crippen LogP contribution in [-0.4, -0.2) is 36.0 Å². The molecule has 0 amide bonds. The summed E-state index contributed by atoms with van der Waals surface area (Å²) in [7, 11) is 0. The van der Waals surface area contributed by atoms with Gasteiger partial charge in [0.25, 0.3) is 0 Å². The highest BCUT2D eigenvalue weighted by Crippen LogP contribution is 2.33. The summed E-state index contributed by atoms with van der Waals surface area (Å²) >= 11 is 0. The fraction of sp³-hybridized carbons (Fsp3) is 0.357. The average Bonchev–Trinajstić information content (AvgIpc) is 3.49. The van der Waals surface area contributed by atoms with E-state index in [0.717, 1.165) is 13.1 Å². The quantitative estimate of drug-likeness (QED) is 0.488. The SMILES string of the molecule is c1cc(CN2CCCC2)cc(-c2ccccc2-c2cccc(CN3CCCC3)c2)c1. The van der Waals surface area contributed by atoms with Crippen molar-refractivity contribution in [1.29, 1.82) is 0 Å². The zero-order valence-corrected chi connectivity index (χ0v) is 17.9. The fourth-order valence-electron chi connectivity index (χ4n) is 5.06. The molecule has 0 N–H and O–H groups in total. The predicted molar refractivity (Wildman–Crippen MR) is 126 cm³/mol. The molecular formula is C28H32N2. The van der Waals surface area contributed by atoms with Crippen molar-refractivity contribution in [1.82, 2.24) is 9.80 Å². The fourth-order valence-corrected chi connectivity index (χ4v) is 5.06. The lowest BCUT2D eigenvalue weighted by Gasteiger charge is -2.17. The van der Waals surface area contributed by atoms with E-state index in [1.165, 1.54) is 85.2 Å². The Morgan fingerprint density at radius 3 is 1.37 bits per heavy atom. The Kier molecular flexibility index (Phi) is 5.96. The van der Waals surface area contributed by atoms with Gasteiger partial charge >= 0.3 is 0 Å². The lowest BCUT2D eigenvalue weighted by atomic mass is 9.93. The van der Waals surface area contributed by atoms with Crippen molar-refractivity contribution in [2.75, 3.05) is 26.2 Å². The van der Waals surface area contributed by atoms with Gasteiger partial charge in [-0.1, -0.05) is 60.7 Å². The van der Waals surface area contributed by atoms with E-state index in [2.05, 4.69) is 82.6 Å². The van der Waals surface area contributed by atoms with Gasteiger partial charge in [0.15, 0.2) is 0 Å². The van der Waals surface area contributed by atoms with Crippen LogP contribution in [0.15, 0.2) is 72.8 Å². The molecule has 0 radical (unpaired) electrons. The third-order valence-corrected chi connectivity index (χ3v) is 6.61. The molecule has 0 spiro atoms. The minimum atomic E-state index is 1.07. The molecule has 2 heterocycles. The summed E-state index contributed by atoms with van der Waals surface area (Å²) in [6.07, 6.45) is 5.37. The van der Waals surface area contributed by atoms with Crippen molar-refractivity contribution in [2.24, 2.45) is 0 Å². The molecule has 2 saturated heterocycles. The Bertz CT molecular complexity index is 901. The molecule has 5 rings (SSSR count). The van der Waals surface area contributed by atoms with Gasteiger partial charge in [0.05, 0.1) is 0 Å². The zero-order chi connectivity index (χ0) is 20.2. The Morgan fingerprint density at radius 2 is 0.933 bits per heavy atom. The predicted octanol–water partition coefficient (Wildman–Crippen LogP) is 6.21. The first-order chi connectivity index (χ1) is 14.8. The molecule has 0 unspecified atom stereocenters. The molecule has 0 saturated carbocycles. The molecule has 3 aromatic carbocycles. The second-order valence-corrected chi connectivity index (χ2v) is 8.91. The van der Waals surface area contributed by atoms with Crippen LogP contribution in [-0.2, 0) is 13.1 Å². The van der Waals surface area contributed by atoms with Gasteiger partial charge in [-0.3, -0.25) is 9.80 Å². The van der Waals surface area contributed by atoms with E-state index in [0.29, 0.717) is 0 Å². The Hall–Kier alpha value is -2.42. The summed E-state index contributed by atoms with van der Waals surface area (Å²) in [4.78, 5) is 5.15. The minimum absolute atomic E-state index is 1.07. The average molecular weight is 397 g/mol. The summed E-state index contributed by atoms with van der Waals surface area (Å²) in [6.45, 7) is 7.10. The van der Waals surface area contributed by atoms with Crippen LogP contribution < -0.4 is 0 Å². The first-order valence-electron chi connectivity index (χ1n) is 11.6. The van der Waals surface area contributed by atoms with Gasteiger partial charge in [-0.05, 0) is 97.4 Å². The maximum atomic E-state index is 2.58. The van der Waals surface area contributed by atoms with E-state index in [1.807, 2.05) is 0 Å². The molecule has 154 valence electrons. The Morgan fingerprint density at radius 1 is 0.500 bits per heavy atom. The molecule has 0 bridgehead atoms. The van der Waals surface area contributed by atoms with Gasteiger partial charge in [-0.2, -0.15) is 0 Å². The van der Waals surface area contributed by atoms with Crippen molar-refractivity contribution in [2.45, 2.75) is 38.8 Å². The highest BCUT2D eigenvalue weighted by molar-refractivity contribution is 5.83. The highest BCUT2D eigenvalue weighted by Gasteiger charge is 2.14. The maximum absolute atomic E-state index is 2.58. The number of hydrogen-bond donors (Lipinski definition) is 0. The van der Waals surface area contributed by atoms with Gasteiger partial charge in [0, 0.05) is 13.1 Å². The number of nitrogens with zero attached hydrogens (tertiary/aromatic N) is 2. The first kappa shape index (κ1) is 19.5. The standard InChI is InChI=1S/C28H32N2/c1-2-14-28(26-12-8-10-24(20-26)22-30-17-5-6-18-30)27(13-1)25-11-7-9-23(19-25)21-29-15-3-4-16-29/h1-2,7-14,19-20H,3-6,15-18,21-22H2. The summed E-state index contributed by atoms with van der Waals surface area (Å²) in [5, 5.41) is 0. The van der Waals surface area contributed by atoms with Crippen LogP contribution in [0.4, 0.5) is 0 Å². The largest absolute Gasteiger partial charge is 0.299 e. The van der Waals surface area contributed by atoms with E-state index < -0.39 is 0 Å². The lowest BCUT2D eigenvalue weighted by molar-refractivity contribution is 0.331. The highest BCUT2D eigenvalue weighted by atomic mass is 15.1. The first-order valence-corrected chi connectivity index (χ1v) is 11.6. The smallest absolute Gasteiger partial charge is 0.0233 e. The topological polar surface area (TPSA) is 6.48 Å². The van der Waals surface area contributed by atoms with E-state index >= 15 is 0 Å². The third-order valence-electron chi connectivity index (χ3n) is 6.61. The molecule has 3 aromatic rings. The van der Waals surface area contributed by atoms with Gasteiger partial charge in [-0.15, -0.1) is 0 Å². The van der Waals surface area contributed by atoms with E-state index in [-0.39, 0.29) is 0 Å². The van der Waals surface area contributed by atoms with E-state index in [1.54, 1.807) is 0 Å². The summed E-state index contributed by atoms with van der Waals surface area (Å²) in [5.41, 5.74) is 8.16. The summed E-state index contributed by atoms with van der Waals surface area (Å²) in [5.74, 6) is 0. The summed E-state index contributed by atoms with van der Waals surface area (Å²) < 4.78 is 0. The Labute approximate surface area is 181 Å². The number of hydrogen-bond acceptors (Lipinski definition) is 2. The second-order valence-electron chi connectivity index (χ2n) is 8.91. The molecule has 0 aliphatic carbocycles. The van der Waals surface area contributed by atoms with Crippen molar-refractivity contribution in [3.8, 4) is 22.3 Å². The third kappa shape index (κ3) is 4.50. The van der Waals surface area contributed by atoms with Gasteiger partial charge in [-0.25, -0.2) is 0 Å². The monoisotopic (exact) mass is 396 g/mol. The van der Waals surface area contributed by atoms with Crippen molar-refractivity contribution >= 4 is 0 Å². The van der Waals surface area contributed by atoms with Crippen LogP contribution in [0, 0.1) is 0 Å². The molecule has 2 fully saturated rings. The van der Waals surface area contributed by atoms with Crippen LogP contribution in [0.2, 0.25) is 0 Å². The number of likely N-dealkylation sites (tertiary alicyclic amines) is 2. The van der Waals surface area contributed by atoms with Crippen LogP contribution >= 0.6 is 0 Å². The van der Waals surface area contributed by atoms with Gasteiger partial charge in [0.1, 0.15) is 0 Å². The maximum Gasteiger partial charge on any atom is 0.0233 e. The second kappa shape index (κ2) is 9.16. The van der Waals surface area contributed by atoms with E-state index in [9.17, 15) is 0 Å². The van der Waals surface area contributed by atoms with Crippen molar-refractivity contribution < 1.29 is 0 Å². The van der Waals surface area contributed by atoms with Crippen molar-refractivity contribution in [3.63, 3.8) is 0 Å². The lowest BCUT2D eigenvalue weighted by Crippen LogP contribution is -2.18. The molecule has 0 atom stereocenters. The van der Waals surface area contributed by atoms with Crippen LogP contribution in [0.25, 0.3) is 22.3 Å². The molecule has 0 aromatic heterocycles. The molecule has 2 aliphatic heterocycles. The molecule has 30 heavy (non-hydrogen) atoms. The van der Waals surface area contributed by atoms with Crippen LogP contribution in [0.3, 0.4) is 0 Å². The molecule has 2 heteroatoms. The Balaban J connectivity index is 1.43. The van der Waals surface area contributed by atoms with Crippen LogP contribution in [0.1, 0.15) is 36.8 Å². The molecule has 2 aliphatic rings. The number of rotatable bonds is 6. The van der Waals surface area contributed by atoms with Gasteiger partial charge in [0.2, 0.25) is 0 Å². The van der Waals surface area contributed by atoms with Gasteiger partial charge < -0.3 is 0 Å². The van der Waals surface area contributed by atoms with Crippen molar-refractivity contribution in [3.05, 3.63) is 83.9 Å². The normalized spacial score (nSPS) is 17.6. The number of benzene rings is 3.